The second kappa shape index (κ2) is 9.04. The van der Waals surface area contributed by atoms with Crippen LogP contribution in [0.15, 0.2) is 54.6 Å². The van der Waals surface area contributed by atoms with Crippen LogP contribution in [-0.2, 0) is 9.59 Å². The first-order valence-electron chi connectivity index (χ1n) is 8.76. The molecule has 0 saturated heterocycles. The van der Waals surface area contributed by atoms with Gasteiger partial charge in [0.25, 0.3) is 0 Å². The second-order valence-electron chi connectivity index (χ2n) is 6.47. The van der Waals surface area contributed by atoms with Crippen LogP contribution in [0.2, 0.25) is 0 Å². The highest BCUT2D eigenvalue weighted by Gasteiger charge is 2.17. The van der Waals surface area contributed by atoms with Gasteiger partial charge in [-0.3, -0.25) is 9.59 Å². The number of hydrogen-bond donors (Lipinski definition) is 1. The van der Waals surface area contributed by atoms with Gasteiger partial charge in [-0.25, -0.2) is 0 Å². The van der Waals surface area contributed by atoms with Crippen LogP contribution >= 0.6 is 0 Å². The van der Waals surface area contributed by atoms with Crippen molar-refractivity contribution in [2.45, 2.75) is 39.8 Å². The zero-order valence-corrected chi connectivity index (χ0v) is 15.7. The number of carbonyl (C=O) groups excluding carboxylic acids is 2. The Kier molecular flexibility index (Phi) is 6.78. The van der Waals surface area contributed by atoms with Crippen LogP contribution in [0.1, 0.15) is 39.3 Å². The number of nitrogens with zero attached hydrogens (tertiary/aromatic N) is 1. The van der Waals surface area contributed by atoms with E-state index < -0.39 is 0 Å². The number of anilines is 1. The van der Waals surface area contributed by atoms with E-state index in [4.69, 9.17) is 4.74 Å². The first kappa shape index (κ1) is 19.5. The molecule has 0 spiro atoms. The third-order valence-electron chi connectivity index (χ3n) is 3.88. The summed E-state index contributed by atoms with van der Waals surface area (Å²) in [6, 6.07) is 16.8. The van der Waals surface area contributed by atoms with Gasteiger partial charge < -0.3 is 15.0 Å². The normalized spacial score (nSPS) is 11.7. The molecular weight excluding hydrogens is 328 g/mol. The molecule has 0 fully saturated rings. The molecule has 1 atom stereocenters. The minimum atomic E-state index is -0.209. The fraction of sp³-hybridized carbons (Fsp3) is 0.333. The van der Waals surface area contributed by atoms with Crippen LogP contribution in [0.4, 0.5) is 5.69 Å². The molecule has 138 valence electrons. The molecule has 2 aromatic carbocycles. The highest BCUT2D eigenvalue weighted by Crippen LogP contribution is 2.20. The molecule has 2 rings (SSSR count). The Labute approximate surface area is 155 Å². The van der Waals surface area contributed by atoms with Gasteiger partial charge in [0.15, 0.2) is 0 Å². The van der Waals surface area contributed by atoms with Crippen molar-refractivity contribution in [1.29, 1.82) is 0 Å². The van der Waals surface area contributed by atoms with Gasteiger partial charge in [0, 0.05) is 12.6 Å². The molecule has 0 bridgehead atoms. The summed E-state index contributed by atoms with van der Waals surface area (Å²) in [5.74, 6) is 0.332. The van der Waals surface area contributed by atoms with Crippen molar-refractivity contribution in [3.63, 3.8) is 0 Å². The van der Waals surface area contributed by atoms with E-state index in [1.54, 1.807) is 24.3 Å². The van der Waals surface area contributed by atoms with Crippen LogP contribution in [-0.4, -0.2) is 24.5 Å². The monoisotopic (exact) mass is 354 g/mol. The molecule has 1 unspecified atom stereocenters. The van der Waals surface area contributed by atoms with Crippen molar-refractivity contribution >= 4 is 17.5 Å². The van der Waals surface area contributed by atoms with Crippen molar-refractivity contribution in [3.8, 4) is 5.75 Å². The number of amides is 2. The van der Waals surface area contributed by atoms with E-state index in [1.165, 1.54) is 11.8 Å². The first-order chi connectivity index (χ1) is 12.4. The Morgan fingerprint density at radius 2 is 1.62 bits per heavy atom. The zero-order valence-electron chi connectivity index (χ0n) is 15.7. The van der Waals surface area contributed by atoms with Crippen LogP contribution in [0.25, 0.3) is 0 Å². The Balaban J connectivity index is 2.03. The summed E-state index contributed by atoms with van der Waals surface area (Å²) < 4.78 is 5.61. The number of nitrogens with one attached hydrogen (secondary N) is 1. The highest BCUT2D eigenvalue weighted by molar-refractivity contribution is 5.97. The highest BCUT2D eigenvalue weighted by atomic mass is 16.5. The number of hydrogen-bond acceptors (Lipinski definition) is 3. The molecule has 0 aliphatic carbocycles. The van der Waals surface area contributed by atoms with Crippen molar-refractivity contribution in [2.24, 2.45) is 0 Å². The molecule has 1 N–H and O–H groups in total. The van der Waals surface area contributed by atoms with Crippen LogP contribution < -0.4 is 15.0 Å². The van der Waals surface area contributed by atoms with E-state index in [9.17, 15) is 9.59 Å². The third kappa shape index (κ3) is 5.62. The van der Waals surface area contributed by atoms with E-state index in [0.717, 1.165) is 11.3 Å². The minimum Gasteiger partial charge on any atom is -0.491 e. The fourth-order valence-electron chi connectivity index (χ4n) is 2.62. The average Bonchev–Trinajstić information content (AvgIpc) is 2.60. The molecule has 0 aliphatic rings. The summed E-state index contributed by atoms with van der Waals surface area (Å²) >= 11 is 0. The molecular formula is C21H26N2O3. The molecule has 2 aromatic rings. The van der Waals surface area contributed by atoms with Gasteiger partial charge in [0.05, 0.1) is 12.1 Å². The van der Waals surface area contributed by atoms with Gasteiger partial charge in [0.1, 0.15) is 12.3 Å². The molecule has 2 amide bonds. The van der Waals surface area contributed by atoms with Gasteiger partial charge in [0.2, 0.25) is 11.8 Å². The predicted molar refractivity (Wildman–Crippen MR) is 103 cm³/mol. The minimum absolute atomic E-state index is 0.0309. The third-order valence-corrected chi connectivity index (χ3v) is 3.88. The Morgan fingerprint density at radius 3 is 2.15 bits per heavy atom. The maximum absolute atomic E-state index is 12.4. The molecule has 26 heavy (non-hydrogen) atoms. The van der Waals surface area contributed by atoms with E-state index >= 15 is 0 Å². The maximum atomic E-state index is 12.4. The van der Waals surface area contributed by atoms with Crippen LogP contribution in [0, 0.1) is 0 Å². The molecule has 0 aliphatic heterocycles. The van der Waals surface area contributed by atoms with E-state index in [2.05, 4.69) is 5.32 Å². The van der Waals surface area contributed by atoms with Crippen molar-refractivity contribution in [2.75, 3.05) is 11.4 Å². The second-order valence-corrected chi connectivity index (χ2v) is 6.47. The molecule has 0 radical (unpaired) electrons. The van der Waals surface area contributed by atoms with Crippen molar-refractivity contribution in [3.05, 3.63) is 60.2 Å². The van der Waals surface area contributed by atoms with Gasteiger partial charge >= 0.3 is 0 Å². The SMILES string of the molecule is CC(=O)N(CC(=O)NC(C)c1ccccc1)c1ccc(OC(C)C)cc1. The summed E-state index contributed by atoms with van der Waals surface area (Å²) in [6.45, 7) is 7.24. The molecule has 0 saturated carbocycles. The first-order valence-corrected chi connectivity index (χ1v) is 8.76. The molecule has 5 heteroatoms. The van der Waals surface area contributed by atoms with Gasteiger partial charge in [-0.1, -0.05) is 30.3 Å². The van der Waals surface area contributed by atoms with E-state index in [-0.39, 0.29) is 30.5 Å². The van der Waals surface area contributed by atoms with Gasteiger partial charge in [-0.15, -0.1) is 0 Å². The predicted octanol–water partition coefficient (Wildman–Crippen LogP) is 3.70. The summed E-state index contributed by atoms with van der Waals surface area (Å²) in [5.41, 5.74) is 1.68. The summed E-state index contributed by atoms with van der Waals surface area (Å²) in [7, 11) is 0. The Hall–Kier alpha value is -2.82. The number of benzene rings is 2. The lowest BCUT2D eigenvalue weighted by molar-refractivity contribution is -0.123. The largest absolute Gasteiger partial charge is 0.491 e. The molecule has 5 nitrogen and oxygen atoms in total. The lowest BCUT2D eigenvalue weighted by Gasteiger charge is -2.23. The standard InChI is InChI=1S/C21H26N2O3/c1-15(2)26-20-12-10-19(11-13-20)23(17(4)24)14-21(25)22-16(3)18-8-6-5-7-9-18/h5-13,15-16H,14H2,1-4H3,(H,22,25). The topological polar surface area (TPSA) is 58.6 Å². The maximum Gasteiger partial charge on any atom is 0.240 e. The lowest BCUT2D eigenvalue weighted by atomic mass is 10.1. The quantitative estimate of drug-likeness (QED) is 0.825. The van der Waals surface area contributed by atoms with Crippen molar-refractivity contribution < 1.29 is 14.3 Å². The fourth-order valence-corrected chi connectivity index (χ4v) is 2.62. The van der Waals surface area contributed by atoms with Crippen LogP contribution in [0.5, 0.6) is 5.75 Å². The number of rotatable bonds is 7. The number of ether oxygens (including phenoxy) is 1. The Morgan fingerprint density at radius 1 is 1.00 bits per heavy atom. The van der Waals surface area contributed by atoms with Crippen LogP contribution in [0.3, 0.4) is 0 Å². The summed E-state index contributed by atoms with van der Waals surface area (Å²) in [4.78, 5) is 25.9. The van der Waals surface area contributed by atoms with Gasteiger partial charge in [-0.2, -0.15) is 0 Å². The average molecular weight is 354 g/mol. The summed E-state index contributed by atoms with van der Waals surface area (Å²) in [5, 5.41) is 2.93. The summed E-state index contributed by atoms with van der Waals surface area (Å²) in [6.07, 6.45) is 0.0787. The van der Waals surface area contributed by atoms with E-state index in [0.29, 0.717) is 5.69 Å². The molecule has 0 aromatic heterocycles. The smallest absolute Gasteiger partial charge is 0.240 e. The Bertz CT molecular complexity index is 727. The van der Waals surface area contributed by atoms with E-state index in [1.807, 2.05) is 51.1 Å². The molecule has 0 heterocycles. The number of carbonyl (C=O) groups is 2. The van der Waals surface area contributed by atoms with Gasteiger partial charge in [-0.05, 0) is 50.6 Å². The zero-order chi connectivity index (χ0) is 19.1. The lowest BCUT2D eigenvalue weighted by Crippen LogP contribution is -2.40. The van der Waals surface area contributed by atoms with Crippen molar-refractivity contribution in [1.82, 2.24) is 5.32 Å².